The van der Waals surface area contributed by atoms with Gasteiger partial charge < -0.3 is 10.5 Å². The number of nitrogens with zero attached hydrogens (tertiary/aromatic N) is 4. The number of carbonyl (C=O) groups is 2. The van der Waals surface area contributed by atoms with Crippen LogP contribution in [0.2, 0.25) is 0 Å². The summed E-state index contributed by atoms with van der Waals surface area (Å²) in [6.45, 7) is 14.5. The number of piperidine rings is 6. The van der Waals surface area contributed by atoms with Gasteiger partial charge in [0.05, 0.1) is 20.4 Å². The van der Waals surface area contributed by atoms with Gasteiger partial charge in [-0.2, -0.15) is 0 Å². The van der Waals surface area contributed by atoms with E-state index >= 15 is 0 Å². The van der Waals surface area contributed by atoms with Gasteiger partial charge in [0.15, 0.2) is 10.8 Å². The van der Waals surface area contributed by atoms with Crippen LogP contribution in [0.5, 0.6) is 5.19 Å². The van der Waals surface area contributed by atoms with Crippen molar-refractivity contribution in [1.82, 2.24) is 19.8 Å². The Kier molecular flexibility index (Phi) is 10.9. The Morgan fingerprint density at radius 1 is 0.848 bits per heavy atom. The van der Waals surface area contributed by atoms with Crippen molar-refractivity contribution in [3.05, 3.63) is 53.5 Å². The molecule has 0 spiro atoms. The average Bonchev–Trinajstić information content (AvgIpc) is 3.67. The molecule has 6 saturated heterocycles. The summed E-state index contributed by atoms with van der Waals surface area (Å²) in [6.07, 6.45) is 5.80. The second-order valence-electron chi connectivity index (χ2n) is 13.9. The molecule has 6 fully saturated rings. The quantitative estimate of drug-likeness (QED) is 0.176. The molecule has 6 aliphatic heterocycles. The molecule has 8 heterocycles. The number of nitrogens with two attached hydrogens (primary N) is 1. The summed E-state index contributed by atoms with van der Waals surface area (Å²) in [5.74, 6) is 2.20. The van der Waals surface area contributed by atoms with Crippen molar-refractivity contribution in [3.8, 4) is 5.19 Å². The van der Waals surface area contributed by atoms with Crippen LogP contribution in [0, 0.1) is 17.8 Å². The van der Waals surface area contributed by atoms with Crippen LogP contribution in [-0.4, -0.2) is 75.3 Å². The number of thiazole rings is 2. The van der Waals surface area contributed by atoms with Gasteiger partial charge in [0.25, 0.3) is 11.7 Å². The maximum atomic E-state index is 12.8. The fourth-order valence-electron chi connectivity index (χ4n) is 7.95. The van der Waals surface area contributed by atoms with Crippen molar-refractivity contribution in [2.45, 2.75) is 76.9 Å². The Bertz CT molecular complexity index is 1570. The number of ketones is 1. The lowest BCUT2D eigenvalue weighted by atomic mass is 9.65. The molecule has 0 amide bonds. The normalized spacial score (nSPS) is 28.3. The molecule has 0 unspecified atom stereocenters. The van der Waals surface area contributed by atoms with E-state index in [0.717, 1.165) is 26.4 Å². The van der Waals surface area contributed by atoms with E-state index in [4.69, 9.17) is 5.73 Å². The number of hydrogen-bond donors (Lipinski definition) is 1. The summed E-state index contributed by atoms with van der Waals surface area (Å²) in [4.78, 5) is 36.5. The predicted octanol–water partition coefficient (Wildman–Crippen LogP) is 7.06. The van der Waals surface area contributed by atoms with Crippen LogP contribution in [-0.2, 0) is 4.79 Å². The largest absolute Gasteiger partial charge is 0.400 e. The van der Waals surface area contributed by atoms with Gasteiger partial charge in [0.1, 0.15) is 0 Å². The molecule has 248 valence electrons. The summed E-state index contributed by atoms with van der Waals surface area (Å²) in [7, 11) is 0. The third kappa shape index (κ3) is 7.03. The molecule has 0 saturated carbocycles. The molecule has 4 bridgehead atoms. The Balaban J connectivity index is 0.000000147. The number of hydrogen-bond acceptors (Lipinski definition) is 10. The van der Waals surface area contributed by atoms with E-state index in [9.17, 15) is 9.59 Å². The highest BCUT2D eigenvalue weighted by molar-refractivity contribution is 7.20. The van der Waals surface area contributed by atoms with Gasteiger partial charge in [0.2, 0.25) is 0 Å². The van der Waals surface area contributed by atoms with Gasteiger partial charge in [-0.3, -0.25) is 19.4 Å². The molecular formula is C35H46ClN5O3S2. The molecule has 46 heavy (non-hydrogen) atoms. The third-order valence-corrected chi connectivity index (χ3v) is 12.9. The first kappa shape index (κ1) is 34.9. The van der Waals surface area contributed by atoms with E-state index in [1.807, 2.05) is 48.5 Å². The molecule has 11 heteroatoms. The predicted molar refractivity (Wildman–Crippen MR) is 190 cm³/mol. The average molecular weight is 684 g/mol. The number of rotatable bonds is 5. The van der Waals surface area contributed by atoms with Gasteiger partial charge in [-0.05, 0) is 122 Å². The highest BCUT2D eigenvalue weighted by Gasteiger charge is 2.48. The first-order valence-corrected chi connectivity index (χ1v) is 17.8. The zero-order valence-corrected chi connectivity index (χ0v) is 29.6. The maximum Gasteiger partial charge on any atom is 0.300 e. The van der Waals surface area contributed by atoms with Crippen molar-refractivity contribution in [1.29, 1.82) is 0 Å². The van der Waals surface area contributed by atoms with Gasteiger partial charge in [-0.1, -0.05) is 35.6 Å². The lowest BCUT2D eigenvalue weighted by Gasteiger charge is -2.56. The van der Waals surface area contributed by atoms with E-state index < -0.39 is 0 Å². The number of ether oxygens (including phenoxy) is 1. The molecule has 6 aliphatic rings. The zero-order valence-electron chi connectivity index (χ0n) is 27.2. The smallest absolute Gasteiger partial charge is 0.300 e. The number of para-hydroxylation sites is 2. The van der Waals surface area contributed by atoms with Crippen LogP contribution in [0.4, 0.5) is 0 Å². The Hall–Kier alpha value is -2.47. The van der Waals surface area contributed by atoms with Gasteiger partial charge in [-0.15, -0.1) is 23.7 Å². The summed E-state index contributed by atoms with van der Waals surface area (Å²) < 4.78 is 6.75. The van der Waals surface area contributed by atoms with Crippen molar-refractivity contribution in [3.63, 3.8) is 0 Å². The zero-order chi connectivity index (χ0) is 31.8. The fraction of sp³-hybridized carbons (Fsp3) is 0.543. The molecular weight excluding hydrogens is 638 g/mol. The van der Waals surface area contributed by atoms with Gasteiger partial charge in [0, 0.05) is 23.5 Å². The summed E-state index contributed by atoms with van der Waals surface area (Å²) >= 11 is 2.90. The van der Waals surface area contributed by atoms with Crippen molar-refractivity contribution >= 4 is 67.8 Å². The first-order chi connectivity index (χ1) is 21.6. The maximum absolute atomic E-state index is 12.8. The summed E-state index contributed by atoms with van der Waals surface area (Å²) in [5.41, 5.74) is 8.38. The van der Waals surface area contributed by atoms with Crippen molar-refractivity contribution in [2.75, 3.05) is 26.2 Å². The molecule has 2 atom stereocenters. The Morgan fingerprint density at radius 2 is 1.37 bits per heavy atom. The minimum Gasteiger partial charge on any atom is -0.400 e. The molecule has 2 N–H and O–H groups in total. The lowest BCUT2D eigenvalue weighted by Crippen LogP contribution is -2.67. The van der Waals surface area contributed by atoms with Gasteiger partial charge >= 0.3 is 0 Å². The number of fused-ring (bicyclic) bond motifs is 8. The third-order valence-electron chi connectivity index (χ3n) is 10.9. The molecule has 4 aromatic rings. The molecule has 0 radical (unpaired) electrons. The number of Topliss-reactive ketones (excluding diaryl/α,β-unsaturated/α-hetero) is 1. The summed E-state index contributed by atoms with van der Waals surface area (Å²) in [6, 6.07) is 16.1. The van der Waals surface area contributed by atoms with Gasteiger partial charge in [-0.25, -0.2) is 9.97 Å². The Labute approximate surface area is 286 Å². The molecule has 8 nitrogen and oxygen atoms in total. The molecule has 2 aromatic heterocycles. The van der Waals surface area contributed by atoms with Crippen LogP contribution in [0.25, 0.3) is 20.4 Å². The highest BCUT2D eigenvalue weighted by Crippen LogP contribution is 2.46. The number of halogens is 1. The van der Waals surface area contributed by atoms with Crippen LogP contribution < -0.4 is 10.5 Å². The fourth-order valence-corrected chi connectivity index (χ4v) is 9.65. The number of aromatic nitrogens is 2. The lowest BCUT2D eigenvalue weighted by molar-refractivity contribution is -0.120. The molecule has 0 aliphatic carbocycles. The number of carbonyl (C=O) groups excluding carboxylic acids is 2. The van der Waals surface area contributed by atoms with Crippen molar-refractivity contribution < 1.29 is 14.3 Å². The SMILES string of the molecule is CC1(C)[C@H](CC(=O)c2nc3ccccc3s2)C2CCN1CC2.CC1(C)[C@H](N)C2CCN1CC2.Cl.O=COc1nc2ccccc2s1. The summed E-state index contributed by atoms with van der Waals surface area (Å²) in [5, 5.41) is 1.08. The van der Waals surface area contributed by atoms with E-state index in [0.29, 0.717) is 41.0 Å². The van der Waals surface area contributed by atoms with Crippen LogP contribution >= 0.6 is 35.1 Å². The van der Waals surface area contributed by atoms with E-state index in [1.165, 1.54) is 74.5 Å². The van der Waals surface area contributed by atoms with E-state index in [1.54, 1.807) is 0 Å². The monoisotopic (exact) mass is 683 g/mol. The minimum atomic E-state index is 0. The Morgan fingerprint density at radius 3 is 1.85 bits per heavy atom. The second kappa shape index (κ2) is 14.3. The first-order valence-electron chi connectivity index (χ1n) is 16.2. The number of benzene rings is 2. The van der Waals surface area contributed by atoms with E-state index in [-0.39, 0.29) is 29.3 Å². The van der Waals surface area contributed by atoms with Crippen LogP contribution in [0.1, 0.15) is 69.6 Å². The topological polar surface area (TPSA) is 102 Å². The van der Waals surface area contributed by atoms with Crippen LogP contribution in [0.3, 0.4) is 0 Å². The van der Waals surface area contributed by atoms with E-state index in [2.05, 4.69) is 52.2 Å². The standard InChI is InChI=1S/C18H22N2OS.C9H18N2.C8H5NO2S.ClH/c1-18(2)13(12-7-9-20(18)10-8-12)11-15(21)17-19-14-5-3-4-6-16(14)22-17;1-9(2)8(10)7-3-5-11(9)6-4-7;10-5-11-8-9-6-3-1-2-4-7(6)12-8;/h3-6,12-13H,7-11H2,1-2H3;7-8H,3-6,10H2,1-2H3;1-5H;1H/t13-;8-;;/m11../s1. The van der Waals surface area contributed by atoms with Crippen molar-refractivity contribution in [2.24, 2.45) is 23.5 Å². The minimum absolute atomic E-state index is 0. The second-order valence-corrected chi connectivity index (χ2v) is 15.9. The highest BCUT2D eigenvalue weighted by atomic mass is 35.5. The molecule has 10 rings (SSSR count). The van der Waals surface area contributed by atoms with Crippen LogP contribution in [0.15, 0.2) is 48.5 Å². The molecule has 2 aromatic carbocycles.